The van der Waals surface area contributed by atoms with Crippen LogP contribution in [0.2, 0.25) is 0 Å². The van der Waals surface area contributed by atoms with Crippen molar-refractivity contribution in [3.05, 3.63) is 88.8 Å². The van der Waals surface area contributed by atoms with E-state index in [0.29, 0.717) is 55.7 Å². The van der Waals surface area contributed by atoms with Crippen LogP contribution >= 0.6 is 11.8 Å². The molecule has 0 aliphatic carbocycles. The van der Waals surface area contributed by atoms with Crippen LogP contribution in [0.4, 0.5) is 16.2 Å². The van der Waals surface area contributed by atoms with Crippen molar-refractivity contribution in [1.29, 1.82) is 0 Å². The van der Waals surface area contributed by atoms with E-state index >= 15 is 0 Å². The number of anilines is 2. The summed E-state index contributed by atoms with van der Waals surface area (Å²) in [5.41, 5.74) is 3.19. The summed E-state index contributed by atoms with van der Waals surface area (Å²) < 4.78 is 16.8. The Balaban J connectivity index is 1.24. The third-order valence-electron chi connectivity index (χ3n) is 6.43. The number of carbonyl (C=O) groups is 3. The summed E-state index contributed by atoms with van der Waals surface area (Å²) in [6, 6.07) is 22.5. The highest BCUT2D eigenvalue weighted by atomic mass is 32.2. The number of methoxy groups -OCH3 is 1. The molecule has 1 N–H and O–H groups in total. The van der Waals surface area contributed by atoms with Gasteiger partial charge in [0, 0.05) is 13.1 Å². The van der Waals surface area contributed by atoms with Crippen LogP contribution < -0.4 is 19.7 Å². The van der Waals surface area contributed by atoms with Gasteiger partial charge in [0.15, 0.2) is 11.5 Å². The van der Waals surface area contributed by atoms with Crippen molar-refractivity contribution in [2.45, 2.75) is 6.61 Å². The van der Waals surface area contributed by atoms with E-state index in [1.54, 1.807) is 30.3 Å². The monoisotopic (exact) mass is 559 g/mol. The molecule has 2 aliphatic heterocycles. The number of benzene rings is 3. The first-order valence-corrected chi connectivity index (χ1v) is 13.6. The summed E-state index contributed by atoms with van der Waals surface area (Å²) in [6.07, 6.45) is 1.61. The van der Waals surface area contributed by atoms with Crippen LogP contribution in [-0.2, 0) is 20.9 Å². The standard InChI is InChI=1S/C30H29N3O6S/c1-37-26-17-22(11-12-25(26)39-20-21-7-3-2-4-8-21)18-27-29(35)33(30(36)40-27)19-28(34)31-23-9-5-6-10-24(23)32-13-15-38-16-14-32/h2-12,17-18H,13-16,19-20H2,1H3,(H,31,34)/b27-18+. The number of carbonyl (C=O) groups excluding carboxylic acids is 3. The number of imide groups is 1. The average Bonchev–Trinajstić information content (AvgIpc) is 3.24. The maximum absolute atomic E-state index is 13.1. The quantitative estimate of drug-likeness (QED) is 0.374. The minimum absolute atomic E-state index is 0.228. The van der Waals surface area contributed by atoms with E-state index in [4.69, 9.17) is 14.2 Å². The highest BCUT2D eigenvalue weighted by Gasteiger charge is 2.36. The van der Waals surface area contributed by atoms with Gasteiger partial charge in [0.05, 0.1) is 36.6 Å². The van der Waals surface area contributed by atoms with Gasteiger partial charge < -0.3 is 24.4 Å². The van der Waals surface area contributed by atoms with Gasteiger partial charge in [-0.2, -0.15) is 0 Å². The van der Waals surface area contributed by atoms with E-state index in [9.17, 15) is 14.4 Å². The molecule has 5 rings (SSSR count). The third-order valence-corrected chi connectivity index (χ3v) is 7.34. The molecule has 3 amide bonds. The highest BCUT2D eigenvalue weighted by molar-refractivity contribution is 8.18. The lowest BCUT2D eigenvalue weighted by Gasteiger charge is -2.30. The SMILES string of the molecule is COc1cc(/C=C2/SC(=O)N(CC(=O)Nc3ccccc3N3CCOCC3)C2=O)ccc1OCc1ccccc1. The molecule has 0 saturated carbocycles. The first kappa shape index (κ1) is 27.3. The summed E-state index contributed by atoms with van der Waals surface area (Å²) in [4.78, 5) is 41.9. The van der Waals surface area contributed by atoms with E-state index in [-0.39, 0.29) is 11.4 Å². The van der Waals surface area contributed by atoms with Gasteiger partial charge in [-0.15, -0.1) is 0 Å². The summed E-state index contributed by atoms with van der Waals surface area (Å²) >= 11 is 0.800. The van der Waals surface area contributed by atoms with Crippen LogP contribution in [0.25, 0.3) is 6.08 Å². The fourth-order valence-corrected chi connectivity index (χ4v) is 5.25. The molecule has 0 aromatic heterocycles. The number of para-hydroxylation sites is 2. The smallest absolute Gasteiger partial charge is 0.294 e. The van der Waals surface area contributed by atoms with Crippen molar-refractivity contribution >= 4 is 46.3 Å². The fraction of sp³-hybridized carbons (Fsp3) is 0.233. The minimum atomic E-state index is -0.519. The molecule has 206 valence electrons. The molecule has 2 heterocycles. The van der Waals surface area contributed by atoms with Crippen molar-refractivity contribution < 1.29 is 28.6 Å². The Morgan fingerprint density at radius 3 is 2.52 bits per heavy atom. The lowest BCUT2D eigenvalue weighted by atomic mass is 10.1. The molecule has 9 nitrogen and oxygen atoms in total. The van der Waals surface area contributed by atoms with Gasteiger partial charge in [-0.1, -0.05) is 48.5 Å². The second-order valence-electron chi connectivity index (χ2n) is 9.12. The molecule has 0 spiro atoms. The van der Waals surface area contributed by atoms with E-state index in [0.717, 1.165) is 27.9 Å². The summed E-state index contributed by atoms with van der Waals surface area (Å²) in [5, 5.41) is 2.36. The van der Waals surface area contributed by atoms with Crippen LogP contribution in [0.15, 0.2) is 77.7 Å². The highest BCUT2D eigenvalue weighted by Crippen LogP contribution is 2.35. The fourth-order valence-electron chi connectivity index (χ4n) is 4.41. The molecule has 0 atom stereocenters. The Bertz CT molecular complexity index is 1420. The van der Waals surface area contributed by atoms with Crippen molar-refractivity contribution in [1.82, 2.24) is 4.90 Å². The third kappa shape index (κ3) is 6.47. The Hall–Kier alpha value is -4.28. The molecule has 40 heavy (non-hydrogen) atoms. The molecule has 0 unspecified atom stereocenters. The van der Waals surface area contributed by atoms with E-state index in [1.807, 2.05) is 48.5 Å². The average molecular weight is 560 g/mol. The van der Waals surface area contributed by atoms with Gasteiger partial charge >= 0.3 is 0 Å². The van der Waals surface area contributed by atoms with Crippen molar-refractivity contribution in [2.24, 2.45) is 0 Å². The minimum Gasteiger partial charge on any atom is -0.493 e. The van der Waals surface area contributed by atoms with Crippen LogP contribution in [0, 0.1) is 0 Å². The van der Waals surface area contributed by atoms with Crippen LogP contribution in [-0.4, -0.2) is 61.9 Å². The van der Waals surface area contributed by atoms with Gasteiger partial charge in [-0.05, 0) is 53.2 Å². The first-order valence-electron chi connectivity index (χ1n) is 12.8. The molecular weight excluding hydrogens is 530 g/mol. The van der Waals surface area contributed by atoms with E-state index < -0.39 is 17.1 Å². The van der Waals surface area contributed by atoms with Crippen LogP contribution in [0.3, 0.4) is 0 Å². The van der Waals surface area contributed by atoms with E-state index in [1.165, 1.54) is 7.11 Å². The zero-order chi connectivity index (χ0) is 27.9. The van der Waals surface area contributed by atoms with Gasteiger partial charge in [0.25, 0.3) is 11.1 Å². The number of hydrogen-bond donors (Lipinski definition) is 1. The lowest BCUT2D eigenvalue weighted by molar-refractivity contribution is -0.127. The molecule has 2 saturated heterocycles. The predicted molar refractivity (Wildman–Crippen MR) is 155 cm³/mol. The van der Waals surface area contributed by atoms with Gasteiger partial charge in [-0.25, -0.2) is 0 Å². The molecular formula is C30H29N3O6S. The van der Waals surface area contributed by atoms with Crippen molar-refractivity contribution in [3.63, 3.8) is 0 Å². The zero-order valence-electron chi connectivity index (χ0n) is 22.0. The number of thioether (sulfide) groups is 1. The Kier molecular flexibility index (Phi) is 8.68. The number of nitrogens with zero attached hydrogens (tertiary/aromatic N) is 2. The number of nitrogens with one attached hydrogen (secondary N) is 1. The van der Waals surface area contributed by atoms with Crippen LogP contribution in [0.1, 0.15) is 11.1 Å². The maximum Gasteiger partial charge on any atom is 0.294 e. The molecule has 3 aromatic rings. The van der Waals surface area contributed by atoms with Gasteiger partial charge in [0.1, 0.15) is 13.2 Å². The largest absolute Gasteiger partial charge is 0.493 e. The first-order chi connectivity index (χ1) is 19.5. The zero-order valence-corrected chi connectivity index (χ0v) is 22.8. The second kappa shape index (κ2) is 12.7. The Labute approximate surface area is 236 Å². The Morgan fingerprint density at radius 1 is 1.00 bits per heavy atom. The topological polar surface area (TPSA) is 97.4 Å². The lowest BCUT2D eigenvalue weighted by Crippen LogP contribution is -2.38. The molecule has 2 fully saturated rings. The van der Waals surface area contributed by atoms with E-state index in [2.05, 4.69) is 10.2 Å². The summed E-state index contributed by atoms with van der Waals surface area (Å²) in [6.45, 7) is 2.66. The molecule has 2 aliphatic rings. The predicted octanol–water partition coefficient (Wildman–Crippen LogP) is 4.79. The van der Waals surface area contributed by atoms with Crippen molar-refractivity contribution in [2.75, 3.05) is 50.2 Å². The number of amides is 3. The summed E-state index contributed by atoms with van der Waals surface area (Å²) in [7, 11) is 1.54. The molecule has 3 aromatic carbocycles. The normalized spacial score (nSPS) is 16.4. The Morgan fingerprint density at radius 2 is 1.75 bits per heavy atom. The number of morpholine rings is 1. The van der Waals surface area contributed by atoms with Crippen LogP contribution in [0.5, 0.6) is 11.5 Å². The number of ether oxygens (including phenoxy) is 3. The molecule has 0 bridgehead atoms. The molecule has 0 radical (unpaired) electrons. The number of rotatable bonds is 9. The van der Waals surface area contributed by atoms with Gasteiger partial charge in [0.2, 0.25) is 5.91 Å². The van der Waals surface area contributed by atoms with Gasteiger partial charge in [-0.3, -0.25) is 19.3 Å². The number of hydrogen-bond acceptors (Lipinski definition) is 8. The second-order valence-corrected chi connectivity index (χ2v) is 10.1. The molecule has 10 heteroatoms. The van der Waals surface area contributed by atoms with Crippen molar-refractivity contribution in [3.8, 4) is 11.5 Å². The maximum atomic E-state index is 13.1. The summed E-state index contributed by atoms with van der Waals surface area (Å²) in [5.74, 6) is 0.0914.